The zero-order valence-electron chi connectivity index (χ0n) is 17.0. The molecule has 0 fully saturated rings. The molecule has 1 aromatic carbocycles. The number of benzene rings is 1. The van der Waals surface area contributed by atoms with E-state index in [-0.39, 0.29) is 12.2 Å². The maximum atomic E-state index is 13.4. The van der Waals surface area contributed by atoms with Crippen molar-refractivity contribution in [3.05, 3.63) is 83.3 Å². The molecule has 7 nitrogen and oxygen atoms in total. The molecule has 0 aliphatic carbocycles. The number of aromatic nitrogens is 1. The van der Waals surface area contributed by atoms with E-state index in [0.717, 1.165) is 5.56 Å². The molecule has 3 aromatic rings. The van der Waals surface area contributed by atoms with Crippen LogP contribution in [0.1, 0.15) is 31.2 Å². The minimum Gasteiger partial charge on any atom is -0.496 e. The topological polar surface area (TPSA) is 83.0 Å². The number of nitrogens with zero attached hydrogens (tertiary/aromatic N) is 2. The van der Waals surface area contributed by atoms with Crippen molar-refractivity contribution in [3.63, 3.8) is 0 Å². The largest absolute Gasteiger partial charge is 0.496 e. The lowest BCUT2D eigenvalue weighted by molar-refractivity contribution is -0.139. The van der Waals surface area contributed by atoms with Gasteiger partial charge in [0.2, 0.25) is 0 Å². The van der Waals surface area contributed by atoms with Crippen molar-refractivity contribution in [1.82, 2.24) is 4.57 Å². The van der Waals surface area contributed by atoms with Gasteiger partial charge in [-0.05, 0) is 59.6 Å². The summed E-state index contributed by atoms with van der Waals surface area (Å²) in [5.74, 6) is 0.712. The van der Waals surface area contributed by atoms with Gasteiger partial charge in [0, 0.05) is 6.08 Å². The number of rotatable bonds is 5. The van der Waals surface area contributed by atoms with Gasteiger partial charge >= 0.3 is 5.97 Å². The zero-order valence-corrected chi connectivity index (χ0v) is 19.5. The summed E-state index contributed by atoms with van der Waals surface area (Å²) < 4.78 is 18.7. The summed E-state index contributed by atoms with van der Waals surface area (Å²) in [6.45, 7) is 3.71. The minimum absolute atomic E-state index is 0.220. The molecule has 160 valence electrons. The number of halogens is 1. The van der Waals surface area contributed by atoms with Crippen LogP contribution in [0, 0.1) is 0 Å². The fraction of sp³-hybridized carbons (Fsp3) is 0.227. The predicted octanol–water partition coefficient (Wildman–Crippen LogP) is 3.16. The van der Waals surface area contributed by atoms with Crippen molar-refractivity contribution in [3.8, 4) is 5.75 Å². The molecule has 1 aliphatic heterocycles. The quantitative estimate of drug-likeness (QED) is 0.500. The Kier molecular flexibility index (Phi) is 5.97. The van der Waals surface area contributed by atoms with Gasteiger partial charge < -0.3 is 13.9 Å². The van der Waals surface area contributed by atoms with E-state index in [4.69, 9.17) is 13.9 Å². The number of esters is 1. The van der Waals surface area contributed by atoms with E-state index in [1.54, 1.807) is 51.5 Å². The van der Waals surface area contributed by atoms with Crippen LogP contribution in [-0.2, 0) is 9.53 Å². The van der Waals surface area contributed by atoms with E-state index in [2.05, 4.69) is 20.9 Å². The highest BCUT2D eigenvalue weighted by atomic mass is 79.9. The molecule has 0 bridgehead atoms. The average molecular weight is 503 g/mol. The first-order valence-corrected chi connectivity index (χ1v) is 11.1. The SMILES string of the molecule is CCOC(=O)C1=C(C)N=c2s/c(=C/c3ccco3)c(=O)n2[C@@H]1c1ccc(OC)c(Br)c1. The second-order valence-electron chi connectivity index (χ2n) is 6.71. The molecular weight excluding hydrogens is 484 g/mol. The summed E-state index contributed by atoms with van der Waals surface area (Å²) in [5.41, 5.74) is 1.32. The molecule has 0 saturated carbocycles. The summed E-state index contributed by atoms with van der Waals surface area (Å²) in [5, 5.41) is 0. The van der Waals surface area contributed by atoms with Gasteiger partial charge in [0.25, 0.3) is 5.56 Å². The molecule has 2 aromatic heterocycles. The van der Waals surface area contributed by atoms with Crippen LogP contribution < -0.4 is 19.6 Å². The Balaban J connectivity index is 1.97. The second-order valence-corrected chi connectivity index (χ2v) is 8.58. The van der Waals surface area contributed by atoms with Crippen molar-refractivity contribution in [2.24, 2.45) is 4.99 Å². The van der Waals surface area contributed by atoms with Gasteiger partial charge in [-0.2, -0.15) is 0 Å². The summed E-state index contributed by atoms with van der Waals surface area (Å²) >= 11 is 4.74. The Hall–Kier alpha value is -2.91. The first-order valence-electron chi connectivity index (χ1n) is 9.51. The number of ether oxygens (including phenoxy) is 2. The van der Waals surface area contributed by atoms with Crippen LogP contribution in [0.5, 0.6) is 5.75 Å². The summed E-state index contributed by atoms with van der Waals surface area (Å²) in [7, 11) is 1.57. The molecule has 0 amide bonds. The lowest BCUT2D eigenvalue weighted by Crippen LogP contribution is -2.39. The Labute approximate surface area is 190 Å². The Morgan fingerprint density at radius 3 is 2.84 bits per heavy atom. The van der Waals surface area contributed by atoms with Gasteiger partial charge in [-0.25, -0.2) is 9.79 Å². The molecule has 1 atom stereocenters. The van der Waals surface area contributed by atoms with Crippen molar-refractivity contribution in [2.45, 2.75) is 19.9 Å². The number of fused-ring (bicyclic) bond motifs is 1. The van der Waals surface area contributed by atoms with E-state index in [1.807, 2.05) is 12.1 Å². The maximum Gasteiger partial charge on any atom is 0.338 e. The minimum atomic E-state index is -0.684. The van der Waals surface area contributed by atoms with Gasteiger partial charge in [-0.1, -0.05) is 17.4 Å². The van der Waals surface area contributed by atoms with Gasteiger partial charge in [0.1, 0.15) is 11.5 Å². The second kappa shape index (κ2) is 8.68. The van der Waals surface area contributed by atoms with E-state index in [1.165, 1.54) is 15.9 Å². The van der Waals surface area contributed by atoms with E-state index in [9.17, 15) is 9.59 Å². The predicted molar refractivity (Wildman–Crippen MR) is 120 cm³/mol. The lowest BCUT2D eigenvalue weighted by atomic mass is 9.96. The van der Waals surface area contributed by atoms with Crippen LogP contribution in [0.25, 0.3) is 6.08 Å². The summed E-state index contributed by atoms with van der Waals surface area (Å²) in [6, 6.07) is 8.29. The molecule has 1 aliphatic rings. The van der Waals surface area contributed by atoms with Crippen LogP contribution in [0.4, 0.5) is 0 Å². The molecule has 0 saturated heterocycles. The van der Waals surface area contributed by atoms with Gasteiger partial charge in [-0.15, -0.1) is 0 Å². The lowest BCUT2D eigenvalue weighted by Gasteiger charge is -2.25. The third-order valence-electron chi connectivity index (χ3n) is 4.83. The number of hydrogen-bond donors (Lipinski definition) is 0. The number of carbonyl (C=O) groups is 1. The van der Waals surface area contributed by atoms with Gasteiger partial charge in [0.15, 0.2) is 4.80 Å². The molecule has 0 unspecified atom stereocenters. The van der Waals surface area contributed by atoms with Crippen molar-refractivity contribution in [1.29, 1.82) is 0 Å². The summed E-state index contributed by atoms with van der Waals surface area (Å²) in [4.78, 5) is 31.3. The average Bonchev–Trinajstić information content (AvgIpc) is 3.35. The molecule has 0 spiro atoms. The molecule has 0 N–H and O–H groups in total. The number of hydrogen-bond acceptors (Lipinski definition) is 7. The first kappa shape index (κ1) is 21.3. The Morgan fingerprint density at radius 2 is 2.19 bits per heavy atom. The molecule has 0 radical (unpaired) electrons. The van der Waals surface area contributed by atoms with E-state index >= 15 is 0 Å². The summed E-state index contributed by atoms with van der Waals surface area (Å²) in [6.07, 6.45) is 3.22. The van der Waals surface area contributed by atoms with Crippen molar-refractivity contribution >= 4 is 39.3 Å². The molecule has 3 heterocycles. The van der Waals surface area contributed by atoms with Crippen LogP contribution in [0.3, 0.4) is 0 Å². The third kappa shape index (κ3) is 3.90. The standard InChI is InChI=1S/C22H19BrN2O5S/c1-4-29-21(27)18-12(2)24-22-25(19(18)13-7-8-16(28-3)15(23)10-13)20(26)17(31-22)11-14-6-5-9-30-14/h5-11,19H,4H2,1-3H3/b17-11+/t19-/m1/s1. The van der Waals surface area contributed by atoms with Gasteiger partial charge in [-0.3, -0.25) is 9.36 Å². The third-order valence-corrected chi connectivity index (χ3v) is 6.43. The van der Waals surface area contributed by atoms with Crippen LogP contribution in [-0.4, -0.2) is 24.3 Å². The van der Waals surface area contributed by atoms with E-state index < -0.39 is 12.0 Å². The number of allylic oxidation sites excluding steroid dienone is 1. The molecular formula is C22H19BrN2O5S. The van der Waals surface area contributed by atoms with Crippen LogP contribution >= 0.6 is 27.3 Å². The normalized spacial score (nSPS) is 16.1. The number of methoxy groups -OCH3 is 1. The number of furan rings is 1. The highest BCUT2D eigenvalue weighted by Crippen LogP contribution is 2.34. The Morgan fingerprint density at radius 1 is 1.39 bits per heavy atom. The van der Waals surface area contributed by atoms with Crippen molar-refractivity contribution < 1.29 is 18.7 Å². The molecule has 31 heavy (non-hydrogen) atoms. The van der Waals surface area contributed by atoms with Gasteiger partial charge in [0.05, 0.1) is 46.3 Å². The maximum absolute atomic E-state index is 13.4. The van der Waals surface area contributed by atoms with Crippen LogP contribution in [0.2, 0.25) is 0 Å². The molecule has 4 rings (SSSR count). The highest BCUT2D eigenvalue weighted by Gasteiger charge is 2.33. The first-order chi connectivity index (χ1) is 14.9. The fourth-order valence-corrected chi connectivity index (χ4v) is 5.05. The smallest absolute Gasteiger partial charge is 0.338 e. The monoisotopic (exact) mass is 502 g/mol. The fourth-order valence-electron chi connectivity index (χ4n) is 3.46. The van der Waals surface area contributed by atoms with Crippen LogP contribution in [0.15, 0.2) is 66.5 Å². The molecule has 9 heteroatoms. The van der Waals surface area contributed by atoms with E-state index in [0.29, 0.717) is 36.6 Å². The van der Waals surface area contributed by atoms with Crippen molar-refractivity contribution in [2.75, 3.05) is 13.7 Å². The number of thiazole rings is 1. The number of carbonyl (C=O) groups excluding carboxylic acids is 1. The Bertz CT molecular complexity index is 1350. The highest BCUT2D eigenvalue weighted by molar-refractivity contribution is 9.10. The zero-order chi connectivity index (χ0) is 22.1.